The smallest absolute Gasteiger partial charge is 0.255 e. The third kappa shape index (κ3) is 3.96. The maximum Gasteiger partial charge on any atom is 0.255 e. The van der Waals surface area contributed by atoms with Gasteiger partial charge in [0.15, 0.2) is 0 Å². The van der Waals surface area contributed by atoms with E-state index in [4.69, 9.17) is 0 Å². The van der Waals surface area contributed by atoms with Crippen molar-refractivity contribution in [1.82, 2.24) is 25.4 Å². The summed E-state index contributed by atoms with van der Waals surface area (Å²) in [5, 5.41) is 10.0. The van der Waals surface area contributed by atoms with Crippen LogP contribution in [-0.4, -0.2) is 45.1 Å². The highest BCUT2D eigenvalue weighted by Gasteiger charge is 2.23. The Balaban J connectivity index is 1.57. The standard InChI is InChI=1S/C17H23N5O/c1-2-16-15(10-19-21-16)17(23)20-14-6-4-8-22(12-14)11-13-5-3-7-18-9-13/h3,5,7,9-10,14H,2,4,6,8,11-12H2,1H3,(H,19,21)(H,20,23)/t14-/m0/s1. The van der Waals surface area contributed by atoms with Crippen LogP contribution >= 0.6 is 0 Å². The largest absolute Gasteiger partial charge is 0.348 e. The molecule has 1 amide bonds. The fourth-order valence-electron chi connectivity index (χ4n) is 3.11. The average Bonchev–Trinajstić information content (AvgIpc) is 3.05. The predicted molar refractivity (Wildman–Crippen MR) is 88.0 cm³/mol. The lowest BCUT2D eigenvalue weighted by atomic mass is 10.0. The van der Waals surface area contributed by atoms with E-state index in [1.165, 1.54) is 5.56 Å². The summed E-state index contributed by atoms with van der Waals surface area (Å²) in [6.45, 7) is 4.83. The molecular formula is C17H23N5O. The van der Waals surface area contributed by atoms with Gasteiger partial charge in [-0.2, -0.15) is 5.10 Å². The fourth-order valence-corrected chi connectivity index (χ4v) is 3.11. The van der Waals surface area contributed by atoms with E-state index in [0.717, 1.165) is 44.6 Å². The number of carbonyl (C=O) groups excluding carboxylic acids is 1. The summed E-state index contributed by atoms with van der Waals surface area (Å²) in [5.74, 6) is -0.0242. The number of hydrogen-bond acceptors (Lipinski definition) is 4. The predicted octanol–water partition coefficient (Wildman–Crippen LogP) is 1.76. The Morgan fingerprint density at radius 2 is 2.39 bits per heavy atom. The summed E-state index contributed by atoms with van der Waals surface area (Å²) in [5.41, 5.74) is 2.77. The average molecular weight is 313 g/mol. The van der Waals surface area contributed by atoms with Gasteiger partial charge in [-0.25, -0.2) is 0 Å². The number of aromatic nitrogens is 3. The maximum absolute atomic E-state index is 12.4. The lowest BCUT2D eigenvalue weighted by molar-refractivity contribution is 0.0900. The second-order valence-electron chi connectivity index (χ2n) is 6.02. The first kappa shape index (κ1) is 15.7. The van der Waals surface area contributed by atoms with Gasteiger partial charge in [0, 0.05) is 37.2 Å². The SMILES string of the molecule is CCc1[nH]ncc1C(=O)N[C@H]1CCCN(Cc2cccnc2)C1. The van der Waals surface area contributed by atoms with E-state index in [1.807, 2.05) is 19.2 Å². The molecule has 2 N–H and O–H groups in total. The Kier molecular flexibility index (Phi) is 5.02. The van der Waals surface area contributed by atoms with Crippen molar-refractivity contribution >= 4 is 5.91 Å². The number of piperidine rings is 1. The molecule has 6 nitrogen and oxygen atoms in total. The zero-order valence-corrected chi connectivity index (χ0v) is 13.5. The summed E-state index contributed by atoms with van der Waals surface area (Å²) >= 11 is 0. The molecule has 1 saturated heterocycles. The molecule has 0 aliphatic carbocycles. The van der Waals surface area contributed by atoms with Crippen molar-refractivity contribution in [2.45, 2.75) is 38.8 Å². The number of H-pyrrole nitrogens is 1. The summed E-state index contributed by atoms with van der Waals surface area (Å²) in [6.07, 6.45) is 8.21. The topological polar surface area (TPSA) is 73.9 Å². The summed E-state index contributed by atoms with van der Waals surface area (Å²) < 4.78 is 0. The minimum atomic E-state index is -0.0242. The Morgan fingerprint density at radius 1 is 1.48 bits per heavy atom. The van der Waals surface area contributed by atoms with Crippen molar-refractivity contribution in [3.05, 3.63) is 47.5 Å². The van der Waals surface area contributed by atoms with Gasteiger partial charge in [-0.05, 0) is 37.4 Å². The molecule has 2 aromatic heterocycles. The molecule has 23 heavy (non-hydrogen) atoms. The Labute approximate surface area is 136 Å². The van der Waals surface area contributed by atoms with Gasteiger partial charge in [-0.15, -0.1) is 0 Å². The number of carbonyl (C=O) groups is 1. The monoisotopic (exact) mass is 313 g/mol. The molecule has 0 saturated carbocycles. The molecule has 1 atom stereocenters. The number of aromatic amines is 1. The highest BCUT2D eigenvalue weighted by molar-refractivity contribution is 5.95. The number of amides is 1. The van der Waals surface area contributed by atoms with Crippen molar-refractivity contribution in [2.75, 3.05) is 13.1 Å². The number of aryl methyl sites for hydroxylation is 1. The molecule has 2 aromatic rings. The normalized spacial score (nSPS) is 18.7. The van der Waals surface area contributed by atoms with E-state index >= 15 is 0 Å². The number of nitrogens with one attached hydrogen (secondary N) is 2. The zero-order chi connectivity index (χ0) is 16.1. The quantitative estimate of drug-likeness (QED) is 0.882. The molecule has 3 rings (SSSR count). The van der Waals surface area contributed by atoms with Crippen LogP contribution in [0.15, 0.2) is 30.7 Å². The van der Waals surface area contributed by atoms with Crippen LogP contribution in [0, 0.1) is 0 Å². The van der Waals surface area contributed by atoms with Crippen LogP contribution < -0.4 is 5.32 Å². The molecule has 0 radical (unpaired) electrons. The molecule has 0 bridgehead atoms. The third-order valence-corrected chi connectivity index (χ3v) is 4.29. The van der Waals surface area contributed by atoms with Gasteiger partial charge in [-0.1, -0.05) is 13.0 Å². The van der Waals surface area contributed by atoms with E-state index in [2.05, 4.69) is 31.5 Å². The van der Waals surface area contributed by atoms with Crippen LogP contribution in [0.5, 0.6) is 0 Å². The Morgan fingerprint density at radius 3 is 3.17 bits per heavy atom. The van der Waals surface area contributed by atoms with Crippen LogP contribution in [0.1, 0.15) is 41.4 Å². The van der Waals surface area contributed by atoms with Crippen molar-refractivity contribution in [3.63, 3.8) is 0 Å². The van der Waals surface area contributed by atoms with Crippen molar-refractivity contribution in [2.24, 2.45) is 0 Å². The zero-order valence-electron chi connectivity index (χ0n) is 13.5. The number of pyridine rings is 1. The molecule has 3 heterocycles. The van der Waals surface area contributed by atoms with Gasteiger partial charge in [0.25, 0.3) is 5.91 Å². The van der Waals surface area contributed by atoms with Crippen LogP contribution in [-0.2, 0) is 13.0 Å². The first-order valence-electron chi connectivity index (χ1n) is 8.20. The third-order valence-electron chi connectivity index (χ3n) is 4.29. The van der Waals surface area contributed by atoms with Crippen LogP contribution in [0.25, 0.3) is 0 Å². The molecule has 1 fully saturated rings. The second kappa shape index (κ2) is 7.37. The van der Waals surface area contributed by atoms with E-state index in [1.54, 1.807) is 12.4 Å². The van der Waals surface area contributed by atoms with E-state index in [9.17, 15) is 4.79 Å². The number of hydrogen-bond donors (Lipinski definition) is 2. The van der Waals surface area contributed by atoms with Crippen LogP contribution in [0.2, 0.25) is 0 Å². The Bertz CT molecular complexity index is 639. The number of nitrogens with zero attached hydrogens (tertiary/aromatic N) is 3. The summed E-state index contributed by atoms with van der Waals surface area (Å²) in [7, 11) is 0. The number of rotatable bonds is 5. The Hall–Kier alpha value is -2.21. The summed E-state index contributed by atoms with van der Waals surface area (Å²) in [6, 6.07) is 4.24. The van der Waals surface area contributed by atoms with Crippen molar-refractivity contribution in [3.8, 4) is 0 Å². The lowest BCUT2D eigenvalue weighted by Gasteiger charge is -2.33. The van der Waals surface area contributed by atoms with E-state index < -0.39 is 0 Å². The molecule has 0 aromatic carbocycles. The van der Waals surface area contributed by atoms with Gasteiger partial charge >= 0.3 is 0 Å². The highest BCUT2D eigenvalue weighted by atomic mass is 16.1. The molecule has 1 aliphatic rings. The summed E-state index contributed by atoms with van der Waals surface area (Å²) in [4.78, 5) is 19.0. The minimum Gasteiger partial charge on any atom is -0.348 e. The molecule has 122 valence electrons. The first-order valence-corrected chi connectivity index (χ1v) is 8.20. The molecule has 6 heteroatoms. The maximum atomic E-state index is 12.4. The van der Waals surface area contributed by atoms with Gasteiger partial charge in [0.1, 0.15) is 0 Å². The molecule has 1 aliphatic heterocycles. The minimum absolute atomic E-state index is 0.0242. The van der Waals surface area contributed by atoms with E-state index in [-0.39, 0.29) is 11.9 Å². The first-order chi connectivity index (χ1) is 11.3. The number of likely N-dealkylation sites (tertiary alicyclic amines) is 1. The van der Waals surface area contributed by atoms with Crippen molar-refractivity contribution < 1.29 is 4.79 Å². The van der Waals surface area contributed by atoms with Crippen LogP contribution in [0.4, 0.5) is 0 Å². The molecule has 0 unspecified atom stereocenters. The van der Waals surface area contributed by atoms with Gasteiger partial charge in [-0.3, -0.25) is 19.8 Å². The molecular weight excluding hydrogens is 290 g/mol. The van der Waals surface area contributed by atoms with Gasteiger partial charge in [0.05, 0.1) is 11.8 Å². The second-order valence-corrected chi connectivity index (χ2v) is 6.02. The van der Waals surface area contributed by atoms with Gasteiger partial charge in [0.2, 0.25) is 0 Å². The molecule has 0 spiro atoms. The fraction of sp³-hybridized carbons (Fsp3) is 0.471. The highest BCUT2D eigenvalue weighted by Crippen LogP contribution is 2.14. The van der Waals surface area contributed by atoms with Crippen LogP contribution in [0.3, 0.4) is 0 Å². The van der Waals surface area contributed by atoms with Crippen molar-refractivity contribution in [1.29, 1.82) is 0 Å². The van der Waals surface area contributed by atoms with E-state index in [0.29, 0.717) is 5.56 Å². The van der Waals surface area contributed by atoms with Gasteiger partial charge < -0.3 is 5.32 Å². The lowest BCUT2D eigenvalue weighted by Crippen LogP contribution is -2.47.